The summed E-state index contributed by atoms with van der Waals surface area (Å²) in [7, 11) is 3.03. The molecule has 0 N–H and O–H groups in total. The maximum absolute atomic E-state index is 13.9. The van der Waals surface area contributed by atoms with Gasteiger partial charge in [-0.15, -0.1) is 0 Å². The third-order valence-corrected chi connectivity index (χ3v) is 8.39. The van der Waals surface area contributed by atoms with Gasteiger partial charge in [-0.3, -0.25) is 19.0 Å². The molecule has 1 aromatic carbocycles. The molecule has 11 heteroatoms. The normalized spacial score (nSPS) is 22.9. The van der Waals surface area contributed by atoms with Crippen molar-refractivity contribution >= 4 is 23.4 Å². The zero-order valence-electron chi connectivity index (χ0n) is 23.3. The summed E-state index contributed by atoms with van der Waals surface area (Å²) in [5.41, 5.74) is 0.359. The van der Waals surface area contributed by atoms with Crippen molar-refractivity contribution in [3.05, 3.63) is 61.8 Å². The van der Waals surface area contributed by atoms with Crippen LogP contribution in [0, 0.1) is 11.2 Å². The van der Waals surface area contributed by atoms with Crippen LogP contribution in [-0.4, -0.2) is 72.4 Å². The summed E-state index contributed by atoms with van der Waals surface area (Å²) in [4.78, 5) is 44.6. The maximum Gasteiger partial charge on any atom is 0.294 e. The van der Waals surface area contributed by atoms with Crippen LogP contribution in [0.15, 0.2) is 23.0 Å². The smallest absolute Gasteiger partial charge is 0.294 e. The van der Waals surface area contributed by atoms with Crippen LogP contribution >= 0.6 is 11.6 Å². The number of nitrogens with zero attached hydrogens (tertiary/aromatic N) is 3. The van der Waals surface area contributed by atoms with E-state index >= 15 is 0 Å². The number of methoxy groups -OCH3 is 1. The van der Waals surface area contributed by atoms with Crippen molar-refractivity contribution < 1.29 is 28.2 Å². The van der Waals surface area contributed by atoms with Crippen molar-refractivity contribution in [2.75, 3.05) is 33.9 Å². The largest absolute Gasteiger partial charge is 0.490 e. The van der Waals surface area contributed by atoms with Gasteiger partial charge in [0.2, 0.25) is 0 Å². The van der Waals surface area contributed by atoms with E-state index in [1.165, 1.54) is 23.8 Å². The Morgan fingerprint density at radius 2 is 1.95 bits per heavy atom. The Morgan fingerprint density at radius 1 is 1.18 bits per heavy atom. The van der Waals surface area contributed by atoms with E-state index in [0.29, 0.717) is 37.2 Å². The van der Waals surface area contributed by atoms with Crippen molar-refractivity contribution in [3.63, 3.8) is 0 Å². The van der Waals surface area contributed by atoms with E-state index < -0.39 is 22.7 Å². The molecule has 0 saturated carbocycles. The molecule has 1 fully saturated rings. The molecule has 1 saturated heterocycles. The molecular formula is C29H35ClFN3O6. The molecule has 0 radical (unpaired) electrons. The predicted molar refractivity (Wildman–Crippen MR) is 146 cm³/mol. The van der Waals surface area contributed by atoms with Crippen molar-refractivity contribution in [2.24, 2.45) is 5.41 Å². The number of hydrogen-bond acceptors (Lipinski definition) is 6. The highest BCUT2D eigenvalue weighted by atomic mass is 35.5. The van der Waals surface area contributed by atoms with Gasteiger partial charge in [0.1, 0.15) is 11.5 Å². The number of pyridine rings is 1. The molecule has 0 spiro atoms. The summed E-state index contributed by atoms with van der Waals surface area (Å²) in [5.74, 6) is -1.41. The van der Waals surface area contributed by atoms with E-state index in [2.05, 4.69) is 0 Å². The van der Waals surface area contributed by atoms with E-state index in [1.54, 1.807) is 22.9 Å². The zero-order chi connectivity index (χ0) is 28.8. The molecule has 216 valence electrons. The van der Waals surface area contributed by atoms with Gasteiger partial charge in [-0.1, -0.05) is 31.5 Å². The lowest BCUT2D eigenvalue weighted by molar-refractivity contribution is -0.213. The number of ether oxygens (including phenoxy) is 3. The molecular weight excluding hydrogens is 541 g/mol. The zero-order valence-corrected chi connectivity index (χ0v) is 24.1. The lowest BCUT2D eigenvalue weighted by Crippen LogP contribution is -2.53. The number of fused-ring (bicyclic) bond motifs is 3. The van der Waals surface area contributed by atoms with Gasteiger partial charge in [0.05, 0.1) is 23.8 Å². The minimum Gasteiger partial charge on any atom is -0.490 e. The fourth-order valence-corrected chi connectivity index (χ4v) is 6.02. The first-order valence-electron chi connectivity index (χ1n) is 13.6. The average Bonchev–Trinajstić information content (AvgIpc) is 2.92. The van der Waals surface area contributed by atoms with Crippen LogP contribution in [0.2, 0.25) is 5.02 Å². The number of hydrogen-bond donors (Lipinski definition) is 0. The first kappa shape index (κ1) is 28.6. The van der Waals surface area contributed by atoms with Crippen molar-refractivity contribution in [2.45, 2.75) is 65.0 Å². The number of benzene rings is 1. The molecule has 5 rings (SSSR count). The molecule has 0 bridgehead atoms. The number of amides is 2. The van der Waals surface area contributed by atoms with Gasteiger partial charge in [0.15, 0.2) is 12.0 Å². The minimum absolute atomic E-state index is 0.0341. The number of aromatic nitrogens is 1. The standard InChI is InChI=1S/C29H35ClFN3O6/c1-29(2)16-34-24(27(36)32(3)15-21(29)40-22-7-5-6-12-39-22)18-10-11-33(14-17-8-9-20(31)19(30)13-17)26(35)23(18)25(38-4)28(34)37/h8-9,13,21-22H,5-7,10-12,14-16H2,1-4H3. The summed E-state index contributed by atoms with van der Waals surface area (Å²) in [6.45, 7) is 5.64. The molecule has 0 aliphatic carbocycles. The topological polar surface area (TPSA) is 90.3 Å². The van der Waals surface area contributed by atoms with E-state index in [4.69, 9.17) is 25.8 Å². The Balaban J connectivity index is 1.54. The summed E-state index contributed by atoms with van der Waals surface area (Å²) in [6, 6.07) is 4.29. The first-order chi connectivity index (χ1) is 19.0. The predicted octanol–water partition coefficient (Wildman–Crippen LogP) is 3.87. The quantitative estimate of drug-likeness (QED) is 0.538. The average molecular weight is 576 g/mol. The summed E-state index contributed by atoms with van der Waals surface area (Å²) in [6.07, 6.45) is 2.40. The Labute approximate surface area is 237 Å². The van der Waals surface area contributed by atoms with Gasteiger partial charge in [0, 0.05) is 50.8 Å². The van der Waals surface area contributed by atoms with Crippen molar-refractivity contribution in [1.29, 1.82) is 0 Å². The van der Waals surface area contributed by atoms with Gasteiger partial charge in [-0.25, -0.2) is 4.39 Å². The molecule has 2 unspecified atom stereocenters. The lowest BCUT2D eigenvalue weighted by atomic mass is 9.83. The molecule has 3 aliphatic rings. The summed E-state index contributed by atoms with van der Waals surface area (Å²) in [5, 5.41) is -0.0341. The van der Waals surface area contributed by atoms with E-state index in [-0.39, 0.29) is 53.4 Å². The van der Waals surface area contributed by atoms with Crippen molar-refractivity contribution in [1.82, 2.24) is 14.4 Å². The SMILES string of the molecule is COc1c2c(c3n(c1=O)CC(C)(C)C(OC1CCCCO1)CN(C)C3=O)CCN(Cc1ccc(F)c(Cl)c1)C2=O. The molecule has 2 amide bonds. The molecule has 2 atom stereocenters. The van der Waals surface area contributed by atoms with Crippen molar-refractivity contribution in [3.8, 4) is 5.75 Å². The fraction of sp³-hybridized carbons (Fsp3) is 0.552. The van der Waals surface area contributed by atoms with Gasteiger partial charge in [-0.05, 0) is 43.4 Å². The summed E-state index contributed by atoms with van der Waals surface area (Å²) >= 11 is 5.94. The number of likely N-dealkylation sites (N-methyl/N-ethyl adjacent to an activating group) is 1. The van der Waals surface area contributed by atoms with Crippen LogP contribution in [0.5, 0.6) is 5.75 Å². The second kappa shape index (κ2) is 11.1. The Morgan fingerprint density at radius 3 is 2.62 bits per heavy atom. The van der Waals surface area contributed by atoms with Crippen LogP contribution in [0.4, 0.5) is 4.39 Å². The monoisotopic (exact) mass is 575 g/mol. The Kier molecular flexibility index (Phi) is 7.96. The fourth-order valence-electron chi connectivity index (χ4n) is 5.82. The van der Waals surface area contributed by atoms with Crippen LogP contribution in [-0.2, 0) is 29.0 Å². The molecule has 3 aliphatic heterocycles. The number of halogens is 2. The van der Waals surface area contributed by atoms with Gasteiger partial charge in [0.25, 0.3) is 17.4 Å². The molecule has 4 heterocycles. The maximum atomic E-state index is 13.9. The van der Waals surface area contributed by atoms with E-state index in [0.717, 1.165) is 19.3 Å². The highest BCUT2D eigenvalue weighted by molar-refractivity contribution is 6.30. The second-order valence-electron chi connectivity index (χ2n) is 11.4. The lowest BCUT2D eigenvalue weighted by Gasteiger charge is -2.42. The molecule has 9 nitrogen and oxygen atoms in total. The third-order valence-electron chi connectivity index (χ3n) is 8.10. The summed E-state index contributed by atoms with van der Waals surface area (Å²) < 4.78 is 32.8. The van der Waals surface area contributed by atoms with Crippen LogP contribution in [0.3, 0.4) is 0 Å². The number of carbonyl (C=O) groups excluding carboxylic acids is 2. The van der Waals surface area contributed by atoms with Crippen LogP contribution in [0.1, 0.15) is 65.1 Å². The van der Waals surface area contributed by atoms with Crippen LogP contribution < -0.4 is 10.3 Å². The number of carbonyl (C=O) groups is 2. The van der Waals surface area contributed by atoms with Gasteiger partial charge in [-0.2, -0.15) is 0 Å². The first-order valence-corrected chi connectivity index (χ1v) is 14.0. The van der Waals surface area contributed by atoms with E-state index in [1.807, 2.05) is 13.8 Å². The van der Waals surface area contributed by atoms with Crippen LogP contribution in [0.25, 0.3) is 0 Å². The Bertz CT molecular complexity index is 1390. The molecule has 40 heavy (non-hydrogen) atoms. The third kappa shape index (κ3) is 5.24. The second-order valence-corrected chi connectivity index (χ2v) is 11.9. The molecule has 1 aromatic heterocycles. The highest BCUT2D eigenvalue weighted by Crippen LogP contribution is 2.36. The molecule has 2 aromatic rings. The van der Waals surface area contributed by atoms with Gasteiger partial charge >= 0.3 is 0 Å². The highest BCUT2D eigenvalue weighted by Gasteiger charge is 2.42. The Hall–Kier alpha value is -2.95. The minimum atomic E-state index is -0.555. The van der Waals surface area contributed by atoms with Gasteiger partial charge < -0.3 is 24.0 Å². The number of rotatable bonds is 5. The van der Waals surface area contributed by atoms with E-state index in [9.17, 15) is 18.8 Å².